The number of hydrogen-bond donors (Lipinski definition) is 0. The first-order chi connectivity index (χ1) is 13.7. The molecule has 9 nitrogen and oxygen atoms in total. The molecule has 3 aromatic heterocycles. The lowest BCUT2D eigenvalue weighted by molar-refractivity contribution is 0.0257. The van der Waals surface area contributed by atoms with Crippen LogP contribution in [0.15, 0.2) is 6.33 Å². The molecule has 4 heterocycles. The lowest BCUT2D eigenvalue weighted by Crippen LogP contribution is -2.27. The number of aromatic nitrogens is 8. The molecule has 0 unspecified atom stereocenters. The molecule has 0 N–H and O–H groups in total. The van der Waals surface area contributed by atoms with Gasteiger partial charge in [-0.05, 0) is 23.3 Å². The minimum atomic E-state index is -2.71. The SMILES string of the molecule is CC(C)(C)c1nc(N2CCC(F)(F)C2)c2ncn(Cc3nnnn3C3CC3)c2n1. The Kier molecular flexibility index (Phi) is 3.88. The molecule has 29 heavy (non-hydrogen) atoms. The van der Waals surface area contributed by atoms with Gasteiger partial charge in [0, 0.05) is 18.4 Å². The average Bonchev–Trinajstić information content (AvgIpc) is 3.07. The molecule has 11 heteroatoms. The molecular weight excluding hydrogens is 380 g/mol. The Bertz CT molecular complexity index is 1060. The van der Waals surface area contributed by atoms with Crippen LogP contribution in [-0.2, 0) is 12.0 Å². The summed E-state index contributed by atoms with van der Waals surface area (Å²) in [5, 5.41) is 12.0. The third kappa shape index (κ3) is 3.32. The molecule has 2 fully saturated rings. The van der Waals surface area contributed by atoms with Crippen LogP contribution in [0.1, 0.15) is 57.7 Å². The Morgan fingerprint density at radius 2 is 2.00 bits per heavy atom. The van der Waals surface area contributed by atoms with Crippen molar-refractivity contribution in [1.82, 2.24) is 39.7 Å². The summed E-state index contributed by atoms with van der Waals surface area (Å²) < 4.78 is 31.4. The van der Waals surface area contributed by atoms with Gasteiger partial charge in [0.25, 0.3) is 5.92 Å². The van der Waals surface area contributed by atoms with Crippen LogP contribution in [0.3, 0.4) is 0 Å². The lowest BCUT2D eigenvalue weighted by atomic mass is 9.96. The van der Waals surface area contributed by atoms with Crippen molar-refractivity contribution in [3.8, 4) is 0 Å². The Labute approximate surface area is 166 Å². The third-order valence-electron chi connectivity index (χ3n) is 5.35. The number of anilines is 1. The van der Waals surface area contributed by atoms with Gasteiger partial charge in [0.15, 0.2) is 22.8 Å². The van der Waals surface area contributed by atoms with E-state index in [1.807, 2.05) is 30.0 Å². The first-order valence-corrected chi connectivity index (χ1v) is 9.84. The maximum Gasteiger partial charge on any atom is 0.266 e. The monoisotopic (exact) mass is 403 g/mol. The van der Waals surface area contributed by atoms with E-state index in [0.717, 1.165) is 18.7 Å². The highest BCUT2D eigenvalue weighted by Crippen LogP contribution is 2.36. The number of rotatable bonds is 4. The van der Waals surface area contributed by atoms with E-state index in [2.05, 4.69) is 25.5 Å². The van der Waals surface area contributed by atoms with Gasteiger partial charge in [-0.25, -0.2) is 28.4 Å². The number of halogens is 2. The fourth-order valence-corrected chi connectivity index (χ4v) is 3.59. The van der Waals surface area contributed by atoms with Crippen LogP contribution in [0, 0.1) is 0 Å². The summed E-state index contributed by atoms with van der Waals surface area (Å²) >= 11 is 0. The zero-order valence-corrected chi connectivity index (χ0v) is 16.7. The summed E-state index contributed by atoms with van der Waals surface area (Å²) in [6, 6.07) is 0.358. The topological polar surface area (TPSA) is 90.4 Å². The van der Waals surface area contributed by atoms with Crippen molar-refractivity contribution in [1.29, 1.82) is 0 Å². The maximum absolute atomic E-state index is 13.9. The Balaban J connectivity index is 1.59. The molecule has 1 aliphatic carbocycles. The van der Waals surface area contributed by atoms with Crippen molar-refractivity contribution in [2.75, 3.05) is 18.0 Å². The normalized spacial score (nSPS) is 19.4. The molecule has 5 rings (SSSR count). The fourth-order valence-electron chi connectivity index (χ4n) is 3.59. The van der Waals surface area contributed by atoms with Crippen molar-refractivity contribution in [2.24, 2.45) is 0 Å². The van der Waals surface area contributed by atoms with Crippen LogP contribution in [0.2, 0.25) is 0 Å². The van der Waals surface area contributed by atoms with Gasteiger partial charge in [-0.15, -0.1) is 5.10 Å². The van der Waals surface area contributed by atoms with Crippen LogP contribution in [0.5, 0.6) is 0 Å². The molecule has 2 aliphatic rings. The first-order valence-electron chi connectivity index (χ1n) is 9.84. The predicted molar refractivity (Wildman–Crippen MR) is 101 cm³/mol. The Hall–Kier alpha value is -2.72. The second-order valence-electron chi connectivity index (χ2n) is 8.96. The predicted octanol–water partition coefficient (Wildman–Crippen LogP) is 2.34. The van der Waals surface area contributed by atoms with Crippen LogP contribution in [-0.4, -0.2) is 58.7 Å². The zero-order chi connectivity index (χ0) is 20.4. The van der Waals surface area contributed by atoms with Crippen molar-refractivity contribution in [3.05, 3.63) is 18.0 Å². The molecule has 0 bridgehead atoms. The Morgan fingerprint density at radius 3 is 2.66 bits per heavy atom. The van der Waals surface area contributed by atoms with E-state index in [9.17, 15) is 8.78 Å². The summed E-state index contributed by atoms with van der Waals surface area (Å²) in [6.45, 7) is 6.32. The molecule has 0 radical (unpaired) electrons. The molecule has 1 aliphatic heterocycles. The highest BCUT2D eigenvalue weighted by molar-refractivity contribution is 5.84. The Morgan fingerprint density at radius 1 is 1.21 bits per heavy atom. The summed E-state index contributed by atoms with van der Waals surface area (Å²) in [4.78, 5) is 15.5. The number of imidazole rings is 1. The molecule has 0 amide bonds. The minimum Gasteiger partial charge on any atom is -0.348 e. The van der Waals surface area contributed by atoms with Crippen LogP contribution in [0.4, 0.5) is 14.6 Å². The van der Waals surface area contributed by atoms with Crippen LogP contribution >= 0.6 is 0 Å². The molecule has 154 valence electrons. The number of alkyl halides is 2. The van der Waals surface area contributed by atoms with Gasteiger partial charge in [-0.2, -0.15) is 0 Å². The van der Waals surface area contributed by atoms with E-state index < -0.39 is 5.92 Å². The van der Waals surface area contributed by atoms with Crippen molar-refractivity contribution in [3.63, 3.8) is 0 Å². The van der Waals surface area contributed by atoms with Gasteiger partial charge in [-0.3, -0.25) is 0 Å². The third-order valence-corrected chi connectivity index (χ3v) is 5.35. The van der Waals surface area contributed by atoms with Crippen molar-refractivity contribution < 1.29 is 8.78 Å². The first kappa shape index (κ1) is 18.3. The minimum absolute atomic E-state index is 0.180. The molecule has 0 spiro atoms. The van der Waals surface area contributed by atoms with Gasteiger partial charge in [-0.1, -0.05) is 20.8 Å². The number of hydrogen-bond acceptors (Lipinski definition) is 7. The summed E-state index contributed by atoms with van der Waals surface area (Å²) in [7, 11) is 0. The summed E-state index contributed by atoms with van der Waals surface area (Å²) in [5.74, 6) is -0.915. The average molecular weight is 403 g/mol. The number of nitrogens with zero attached hydrogens (tertiary/aromatic N) is 9. The smallest absolute Gasteiger partial charge is 0.266 e. The largest absolute Gasteiger partial charge is 0.348 e. The van der Waals surface area contributed by atoms with Gasteiger partial charge in [0.05, 0.1) is 25.5 Å². The molecule has 3 aromatic rings. The standard InChI is InChI=1S/C18H23F2N9/c1-17(2,3)16-22-14(27-7-6-18(19,20)9-27)13-15(23-16)28(10-21-13)8-12-24-25-26-29(12)11-4-5-11/h10-11H,4-9H2,1-3H3. The zero-order valence-electron chi connectivity index (χ0n) is 16.7. The van der Waals surface area contributed by atoms with E-state index in [0.29, 0.717) is 35.4 Å². The number of fused-ring (bicyclic) bond motifs is 1. The maximum atomic E-state index is 13.9. The van der Waals surface area contributed by atoms with E-state index in [1.54, 1.807) is 11.2 Å². The van der Waals surface area contributed by atoms with Crippen LogP contribution < -0.4 is 4.90 Å². The summed E-state index contributed by atoms with van der Waals surface area (Å²) in [5.41, 5.74) is 0.803. The van der Waals surface area contributed by atoms with E-state index in [4.69, 9.17) is 4.98 Å². The second kappa shape index (κ2) is 6.14. The highest BCUT2D eigenvalue weighted by atomic mass is 19.3. The number of tetrazole rings is 1. The summed E-state index contributed by atoms with van der Waals surface area (Å²) in [6.07, 6.45) is 3.63. The van der Waals surface area contributed by atoms with Crippen LogP contribution in [0.25, 0.3) is 11.2 Å². The van der Waals surface area contributed by atoms with E-state index >= 15 is 0 Å². The van der Waals surface area contributed by atoms with Gasteiger partial charge < -0.3 is 9.47 Å². The molecule has 0 aromatic carbocycles. The fraction of sp³-hybridized carbons (Fsp3) is 0.667. The molecule has 1 saturated heterocycles. The lowest BCUT2D eigenvalue weighted by Gasteiger charge is -2.22. The van der Waals surface area contributed by atoms with Gasteiger partial charge in [0.2, 0.25) is 0 Å². The van der Waals surface area contributed by atoms with Crippen molar-refractivity contribution >= 4 is 17.0 Å². The molecular formula is C18H23F2N9. The van der Waals surface area contributed by atoms with Crippen molar-refractivity contribution in [2.45, 2.75) is 64.0 Å². The molecule has 0 atom stereocenters. The van der Waals surface area contributed by atoms with E-state index in [1.165, 1.54) is 0 Å². The second-order valence-corrected chi connectivity index (χ2v) is 8.96. The highest BCUT2D eigenvalue weighted by Gasteiger charge is 2.40. The van der Waals surface area contributed by atoms with E-state index in [-0.39, 0.29) is 24.9 Å². The van der Waals surface area contributed by atoms with Gasteiger partial charge >= 0.3 is 0 Å². The molecule has 1 saturated carbocycles. The van der Waals surface area contributed by atoms with Gasteiger partial charge in [0.1, 0.15) is 5.82 Å². The quantitative estimate of drug-likeness (QED) is 0.660.